The number of hydrogen-bond donors (Lipinski definition) is 1. The molecule has 6 nitrogen and oxygen atoms in total. The lowest BCUT2D eigenvalue weighted by Gasteiger charge is -2.07. The standard InChI is InChI=1S/C22H19N5O/c1-15-12-16(2)27(26-15)22-23-13-20(14-24-22)25-21(28)19-10-8-18(9-11-19)17-6-4-3-5-7-17/h3-14H,1-2H3,(H,25,28). The second kappa shape index (κ2) is 7.44. The monoisotopic (exact) mass is 369 g/mol. The first-order chi connectivity index (χ1) is 13.6. The minimum absolute atomic E-state index is 0.206. The van der Waals surface area contributed by atoms with Crippen molar-refractivity contribution in [2.24, 2.45) is 0 Å². The number of carbonyl (C=O) groups excluding carboxylic acids is 1. The summed E-state index contributed by atoms with van der Waals surface area (Å²) in [6.07, 6.45) is 3.16. The first-order valence-corrected chi connectivity index (χ1v) is 8.93. The number of nitrogens with zero attached hydrogens (tertiary/aromatic N) is 4. The van der Waals surface area contributed by atoms with E-state index in [1.165, 1.54) is 0 Å². The third-order valence-electron chi connectivity index (χ3n) is 4.35. The van der Waals surface area contributed by atoms with E-state index in [4.69, 9.17) is 0 Å². The van der Waals surface area contributed by atoms with Crippen molar-refractivity contribution in [3.63, 3.8) is 0 Å². The molecule has 0 unspecified atom stereocenters. The Hall–Kier alpha value is -3.80. The van der Waals surface area contributed by atoms with Crippen molar-refractivity contribution in [1.29, 1.82) is 0 Å². The molecule has 0 aliphatic carbocycles. The quantitative estimate of drug-likeness (QED) is 0.585. The van der Waals surface area contributed by atoms with E-state index in [-0.39, 0.29) is 5.91 Å². The van der Waals surface area contributed by atoms with Crippen molar-refractivity contribution in [3.05, 3.63) is 90.0 Å². The van der Waals surface area contributed by atoms with Gasteiger partial charge in [-0.3, -0.25) is 4.79 Å². The van der Waals surface area contributed by atoms with Crippen LogP contribution >= 0.6 is 0 Å². The molecule has 2 aromatic heterocycles. The zero-order chi connectivity index (χ0) is 19.5. The van der Waals surface area contributed by atoms with Crippen LogP contribution in [0, 0.1) is 13.8 Å². The van der Waals surface area contributed by atoms with E-state index >= 15 is 0 Å². The Balaban J connectivity index is 1.47. The van der Waals surface area contributed by atoms with E-state index in [0.717, 1.165) is 22.5 Å². The second-order valence-corrected chi connectivity index (χ2v) is 6.51. The Labute approximate surface area is 162 Å². The summed E-state index contributed by atoms with van der Waals surface area (Å²) in [5.41, 5.74) is 5.13. The van der Waals surface area contributed by atoms with Crippen LogP contribution in [0.5, 0.6) is 0 Å². The van der Waals surface area contributed by atoms with Gasteiger partial charge in [-0.2, -0.15) is 5.10 Å². The van der Waals surface area contributed by atoms with Crippen LogP contribution in [0.2, 0.25) is 0 Å². The molecule has 0 bridgehead atoms. The highest BCUT2D eigenvalue weighted by Crippen LogP contribution is 2.19. The summed E-state index contributed by atoms with van der Waals surface area (Å²) in [7, 11) is 0. The molecule has 0 aliphatic heterocycles. The molecule has 1 N–H and O–H groups in total. The number of anilines is 1. The van der Waals surface area contributed by atoms with Crippen LogP contribution < -0.4 is 5.32 Å². The molecule has 0 radical (unpaired) electrons. The SMILES string of the molecule is Cc1cc(C)n(-c2ncc(NC(=O)c3ccc(-c4ccccc4)cc3)cn2)n1. The Bertz CT molecular complexity index is 1100. The predicted molar refractivity (Wildman–Crippen MR) is 108 cm³/mol. The fourth-order valence-corrected chi connectivity index (χ4v) is 2.97. The number of nitrogens with one attached hydrogen (secondary N) is 1. The molecule has 2 heterocycles. The van der Waals surface area contributed by atoms with Crippen LogP contribution in [0.3, 0.4) is 0 Å². The molecule has 6 heteroatoms. The van der Waals surface area contributed by atoms with Crippen LogP contribution in [0.25, 0.3) is 17.1 Å². The molecule has 0 saturated carbocycles. The molecular weight excluding hydrogens is 350 g/mol. The van der Waals surface area contributed by atoms with Crippen LogP contribution in [-0.4, -0.2) is 25.7 Å². The highest BCUT2D eigenvalue weighted by molar-refractivity contribution is 6.04. The summed E-state index contributed by atoms with van der Waals surface area (Å²) < 4.78 is 1.67. The van der Waals surface area contributed by atoms with E-state index in [2.05, 4.69) is 20.4 Å². The normalized spacial score (nSPS) is 10.6. The molecule has 2 aromatic carbocycles. The molecule has 4 aromatic rings. The van der Waals surface area contributed by atoms with Gasteiger partial charge in [-0.05, 0) is 43.2 Å². The van der Waals surface area contributed by atoms with E-state index in [1.54, 1.807) is 17.1 Å². The zero-order valence-corrected chi connectivity index (χ0v) is 15.6. The van der Waals surface area contributed by atoms with E-state index < -0.39 is 0 Å². The summed E-state index contributed by atoms with van der Waals surface area (Å²) >= 11 is 0. The topological polar surface area (TPSA) is 72.7 Å². The van der Waals surface area contributed by atoms with Crippen molar-refractivity contribution in [3.8, 4) is 17.1 Å². The molecule has 0 saturated heterocycles. The maximum Gasteiger partial charge on any atom is 0.255 e. The fourth-order valence-electron chi connectivity index (χ4n) is 2.97. The third-order valence-corrected chi connectivity index (χ3v) is 4.35. The van der Waals surface area contributed by atoms with Crippen molar-refractivity contribution < 1.29 is 4.79 Å². The lowest BCUT2D eigenvalue weighted by molar-refractivity contribution is 0.102. The smallest absolute Gasteiger partial charge is 0.255 e. The Morgan fingerprint density at radius 1 is 0.893 bits per heavy atom. The average Bonchev–Trinajstić information content (AvgIpc) is 3.07. The van der Waals surface area contributed by atoms with Gasteiger partial charge >= 0.3 is 0 Å². The molecule has 0 spiro atoms. The lowest BCUT2D eigenvalue weighted by Crippen LogP contribution is -2.13. The van der Waals surface area contributed by atoms with Crippen LogP contribution in [0.1, 0.15) is 21.7 Å². The first kappa shape index (κ1) is 17.6. The summed E-state index contributed by atoms with van der Waals surface area (Å²) in [6, 6.07) is 19.5. The van der Waals surface area contributed by atoms with Gasteiger partial charge in [0.25, 0.3) is 11.9 Å². The van der Waals surface area contributed by atoms with Gasteiger partial charge in [-0.15, -0.1) is 0 Å². The number of rotatable bonds is 4. The van der Waals surface area contributed by atoms with E-state index in [1.807, 2.05) is 74.5 Å². The predicted octanol–water partition coefficient (Wildman–Crippen LogP) is 4.20. The van der Waals surface area contributed by atoms with Crippen molar-refractivity contribution in [1.82, 2.24) is 19.7 Å². The number of aromatic nitrogens is 4. The largest absolute Gasteiger partial charge is 0.319 e. The van der Waals surface area contributed by atoms with Crippen molar-refractivity contribution >= 4 is 11.6 Å². The Morgan fingerprint density at radius 2 is 1.54 bits per heavy atom. The molecule has 0 atom stereocenters. The number of hydrogen-bond acceptors (Lipinski definition) is 4. The lowest BCUT2D eigenvalue weighted by atomic mass is 10.0. The summed E-state index contributed by atoms with van der Waals surface area (Å²) in [5.74, 6) is 0.262. The number of benzene rings is 2. The van der Waals surface area contributed by atoms with Gasteiger partial charge in [0.15, 0.2) is 0 Å². The maximum atomic E-state index is 12.5. The van der Waals surface area contributed by atoms with E-state index in [0.29, 0.717) is 17.2 Å². The summed E-state index contributed by atoms with van der Waals surface area (Å²) in [5, 5.41) is 7.18. The Kier molecular flexibility index (Phi) is 4.68. The third kappa shape index (κ3) is 3.66. The summed E-state index contributed by atoms with van der Waals surface area (Å²) in [4.78, 5) is 21.1. The molecule has 0 fully saturated rings. The Morgan fingerprint density at radius 3 is 2.14 bits per heavy atom. The number of aryl methyl sites for hydroxylation is 2. The molecule has 0 aliphatic rings. The van der Waals surface area contributed by atoms with Gasteiger partial charge in [0.1, 0.15) is 0 Å². The van der Waals surface area contributed by atoms with Crippen molar-refractivity contribution in [2.75, 3.05) is 5.32 Å². The van der Waals surface area contributed by atoms with Crippen LogP contribution in [-0.2, 0) is 0 Å². The fraction of sp³-hybridized carbons (Fsp3) is 0.0909. The van der Waals surface area contributed by atoms with Gasteiger partial charge in [-0.1, -0.05) is 42.5 Å². The average molecular weight is 369 g/mol. The zero-order valence-electron chi connectivity index (χ0n) is 15.6. The van der Waals surface area contributed by atoms with Gasteiger partial charge < -0.3 is 5.32 Å². The number of amides is 1. The van der Waals surface area contributed by atoms with Gasteiger partial charge in [0.2, 0.25) is 0 Å². The second-order valence-electron chi connectivity index (χ2n) is 6.51. The number of carbonyl (C=O) groups is 1. The molecule has 138 valence electrons. The van der Waals surface area contributed by atoms with Crippen molar-refractivity contribution in [2.45, 2.75) is 13.8 Å². The highest BCUT2D eigenvalue weighted by Gasteiger charge is 2.09. The summed E-state index contributed by atoms with van der Waals surface area (Å²) in [6.45, 7) is 3.86. The van der Waals surface area contributed by atoms with Crippen LogP contribution in [0.15, 0.2) is 73.1 Å². The van der Waals surface area contributed by atoms with Gasteiger partial charge in [0.05, 0.1) is 23.8 Å². The van der Waals surface area contributed by atoms with Crippen LogP contribution in [0.4, 0.5) is 5.69 Å². The molecule has 4 rings (SSSR count). The molecular formula is C22H19N5O. The highest BCUT2D eigenvalue weighted by atomic mass is 16.1. The van der Waals surface area contributed by atoms with Gasteiger partial charge in [-0.25, -0.2) is 14.6 Å². The maximum absolute atomic E-state index is 12.5. The van der Waals surface area contributed by atoms with E-state index in [9.17, 15) is 4.79 Å². The minimum Gasteiger partial charge on any atom is -0.319 e. The van der Waals surface area contributed by atoms with Gasteiger partial charge in [0, 0.05) is 11.3 Å². The first-order valence-electron chi connectivity index (χ1n) is 8.93. The molecule has 28 heavy (non-hydrogen) atoms. The molecule has 1 amide bonds. The minimum atomic E-state index is -0.206.